The van der Waals surface area contributed by atoms with Crippen LogP contribution in [0.1, 0.15) is 52.4 Å². The second-order valence-corrected chi connectivity index (χ2v) is 4.74. The molecule has 0 aliphatic carbocycles. The Morgan fingerprint density at radius 2 is 1.50 bits per heavy atom. The lowest BCUT2D eigenvalue weighted by atomic mass is 10.1. The summed E-state index contributed by atoms with van der Waals surface area (Å²) in [5.41, 5.74) is 0. The van der Waals surface area contributed by atoms with Gasteiger partial charge in [0.2, 0.25) is 0 Å². The molecule has 1 atom stereocenters. The molecule has 0 spiro atoms. The SMILES string of the molecule is CCCCCCCC(C)N(CC(=O)O)CC(=O)O. The third-order valence-electron chi connectivity index (χ3n) is 3.03. The Kier molecular flexibility index (Phi) is 9.28. The van der Waals surface area contributed by atoms with Gasteiger partial charge in [-0.3, -0.25) is 14.5 Å². The van der Waals surface area contributed by atoms with Gasteiger partial charge >= 0.3 is 11.9 Å². The van der Waals surface area contributed by atoms with Crippen molar-refractivity contribution in [1.82, 2.24) is 4.90 Å². The van der Waals surface area contributed by atoms with E-state index in [9.17, 15) is 9.59 Å². The molecule has 2 N–H and O–H groups in total. The van der Waals surface area contributed by atoms with Gasteiger partial charge < -0.3 is 10.2 Å². The lowest BCUT2D eigenvalue weighted by Gasteiger charge is -2.25. The highest BCUT2D eigenvalue weighted by atomic mass is 16.4. The largest absolute Gasteiger partial charge is 0.480 e. The number of carboxylic acids is 2. The first-order chi connectivity index (χ1) is 8.47. The van der Waals surface area contributed by atoms with Crippen LogP contribution in [0, 0.1) is 0 Å². The van der Waals surface area contributed by atoms with E-state index in [0.717, 1.165) is 19.3 Å². The molecule has 0 bridgehead atoms. The minimum Gasteiger partial charge on any atom is -0.480 e. The molecular weight excluding hydrogens is 234 g/mol. The van der Waals surface area contributed by atoms with E-state index in [2.05, 4.69) is 6.92 Å². The molecule has 0 saturated heterocycles. The predicted octanol–water partition coefficient (Wildman–Crippen LogP) is 2.21. The van der Waals surface area contributed by atoms with Crippen LogP contribution in [-0.4, -0.2) is 46.2 Å². The van der Waals surface area contributed by atoms with Crippen LogP contribution in [0.2, 0.25) is 0 Å². The van der Waals surface area contributed by atoms with Gasteiger partial charge in [-0.2, -0.15) is 0 Å². The summed E-state index contributed by atoms with van der Waals surface area (Å²) in [7, 11) is 0. The first-order valence-corrected chi connectivity index (χ1v) is 6.65. The zero-order chi connectivity index (χ0) is 14.0. The Labute approximate surface area is 109 Å². The molecule has 0 aliphatic heterocycles. The first kappa shape index (κ1) is 16.9. The van der Waals surface area contributed by atoms with Crippen LogP contribution in [0.15, 0.2) is 0 Å². The summed E-state index contributed by atoms with van der Waals surface area (Å²) >= 11 is 0. The Bertz CT molecular complexity index is 239. The third-order valence-corrected chi connectivity index (χ3v) is 3.03. The number of rotatable bonds is 11. The molecule has 0 aliphatic rings. The zero-order valence-electron chi connectivity index (χ0n) is 11.4. The van der Waals surface area contributed by atoms with E-state index >= 15 is 0 Å². The van der Waals surface area contributed by atoms with Crippen molar-refractivity contribution in [3.05, 3.63) is 0 Å². The lowest BCUT2D eigenvalue weighted by Crippen LogP contribution is -2.40. The summed E-state index contributed by atoms with van der Waals surface area (Å²) in [4.78, 5) is 22.9. The highest BCUT2D eigenvalue weighted by Gasteiger charge is 2.19. The molecular formula is C13H25NO4. The molecule has 0 rings (SSSR count). The Balaban J connectivity index is 3.99. The van der Waals surface area contributed by atoms with Crippen LogP contribution in [0.25, 0.3) is 0 Å². The van der Waals surface area contributed by atoms with Gasteiger partial charge in [0.15, 0.2) is 0 Å². The van der Waals surface area contributed by atoms with Crippen molar-refractivity contribution < 1.29 is 19.8 Å². The lowest BCUT2D eigenvalue weighted by molar-refractivity contribution is -0.142. The second-order valence-electron chi connectivity index (χ2n) is 4.74. The van der Waals surface area contributed by atoms with Crippen molar-refractivity contribution in [2.45, 2.75) is 58.4 Å². The van der Waals surface area contributed by atoms with Crippen LogP contribution >= 0.6 is 0 Å². The Hall–Kier alpha value is -1.10. The van der Waals surface area contributed by atoms with E-state index in [1.54, 1.807) is 0 Å². The predicted molar refractivity (Wildman–Crippen MR) is 69.7 cm³/mol. The summed E-state index contributed by atoms with van der Waals surface area (Å²) < 4.78 is 0. The third kappa shape index (κ3) is 8.98. The molecule has 0 saturated carbocycles. The number of nitrogens with zero attached hydrogens (tertiary/aromatic N) is 1. The molecule has 5 nitrogen and oxygen atoms in total. The van der Waals surface area contributed by atoms with Gasteiger partial charge in [-0.05, 0) is 13.3 Å². The quantitative estimate of drug-likeness (QED) is 0.556. The van der Waals surface area contributed by atoms with E-state index in [-0.39, 0.29) is 19.1 Å². The number of aliphatic carboxylic acids is 2. The van der Waals surface area contributed by atoms with Crippen LogP contribution in [-0.2, 0) is 9.59 Å². The minimum absolute atomic E-state index is 0.00109. The van der Waals surface area contributed by atoms with Gasteiger partial charge in [0, 0.05) is 6.04 Å². The normalized spacial score (nSPS) is 12.6. The minimum atomic E-state index is -0.978. The Morgan fingerprint density at radius 1 is 1.00 bits per heavy atom. The molecule has 0 radical (unpaired) electrons. The van der Waals surface area contributed by atoms with Gasteiger partial charge in [0.1, 0.15) is 0 Å². The molecule has 1 unspecified atom stereocenters. The highest BCUT2D eigenvalue weighted by Crippen LogP contribution is 2.11. The van der Waals surface area contributed by atoms with E-state index in [0.29, 0.717) is 0 Å². The van der Waals surface area contributed by atoms with Gasteiger partial charge in [-0.15, -0.1) is 0 Å². The summed E-state index contributed by atoms with van der Waals surface area (Å²) in [6.07, 6.45) is 6.62. The average Bonchev–Trinajstić information content (AvgIpc) is 2.26. The van der Waals surface area contributed by atoms with Crippen LogP contribution in [0.5, 0.6) is 0 Å². The summed E-state index contributed by atoms with van der Waals surface area (Å²) in [6.45, 7) is 3.64. The number of hydrogen-bond donors (Lipinski definition) is 2. The molecule has 0 aromatic heterocycles. The number of carbonyl (C=O) groups is 2. The first-order valence-electron chi connectivity index (χ1n) is 6.65. The molecule has 0 amide bonds. The standard InChI is InChI=1S/C13H25NO4/c1-3-4-5-6-7-8-11(2)14(9-12(15)16)10-13(17)18/h11H,3-10H2,1-2H3,(H,15,16)(H,17,18). The zero-order valence-corrected chi connectivity index (χ0v) is 11.4. The van der Waals surface area contributed by atoms with Crippen molar-refractivity contribution in [1.29, 1.82) is 0 Å². The highest BCUT2D eigenvalue weighted by molar-refractivity contribution is 5.72. The van der Waals surface area contributed by atoms with Crippen LogP contribution < -0.4 is 0 Å². The monoisotopic (exact) mass is 259 g/mol. The van der Waals surface area contributed by atoms with Crippen molar-refractivity contribution >= 4 is 11.9 Å². The van der Waals surface area contributed by atoms with Crippen molar-refractivity contribution in [2.24, 2.45) is 0 Å². The maximum absolute atomic E-state index is 10.7. The molecule has 106 valence electrons. The van der Waals surface area contributed by atoms with Gasteiger partial charge in [-0.25, -0.2) is 0 Å². The summed E-state index contributed by atoms with van der Waals surface area (Å²) in [5.74, 6) is -1.96. The van der Waals surface area contributed by atoms with Gasteiger partial charge in [0.05, 0.1) is 13.1 Å². The maximum Gasteiger partial charge on any atom is 0.317 e. The Morgan fingerprint density at radius 3 is 1.94 bits per heavy atom. The molecule has 0 aromatic carbocycles. The van der Waals surface area contributed by atoms with Crippen molar-refractivity contribution in [3.8, 4) is 0 Å². The number of carboxylic acid groups (broad SMARTS) is 2. The van der Waals surface area contributed by atoms with Crippen molar-refractivity contribution in [2.75, 3.05) is 13.1 Å². The fourth-order valence-electron chi connectivity index (χ4n) is 1.94. The molecule has 0 fully saturated rings. The van der Waals surface area contributed by atoms with Crippen molar-refractivity contribution in [3.63, 3.8) is 0 Å². The maximum atomic E-state index is 10.7. The van der Waals surface area contributed by atoms with Gasteiger partial charge in [0.25, 0.3) is 0 Å². The second kappa shape index (κ2) is 9.88. The fourth-order valence-corrected chi connectivity index (χ4v) is 1.94. The number of unbranched alkanes of at least 4 members (excludes halogenated alkanes) is 4. The topological polar surface area (TPSA) is 77.8 Å². The molecule has 5 heteroatoms. The average molecular weight is 259 g/mol. The number of hydrogen-bond acceptors (Lipinski definition) is 3. The van der Waals surface area contributed by atoms with Gasteiger partial charge in [-0.1, -0.05) is 39.0 Å². The van der Waals surface area contributed by atoms with E-state index in [4.69, 9.17) is 10.2 Å². The van der Waals surface area contributed by atoms with Crippen LogP contribution in [0.4, 0.5) is 0 Å². The summed E-state index contributed by atoms with van der Waals surface area (Å²) in [5, 5.41) is 17.5. The fraction of sp³-hybridized carbons (Fsp3) is 0.846. The molecule has 0 aromatic rings. The summed E-state index contributed by atoms with van der Waals surface area (Å²) in [6, 6.07) is -0.00109. The van der Waals surface area contributed by atoms with Crippen LogP contribution in [0.3, 0.4) is 0 Å². The molecule has 0 heterocycles. The van der Waals surface area contributed by atoms with E-state index < -0.39 is 11.9 Å². The van der Waals surface area contributed by atoms with E-state index in [1.807, 2.05) is 6.92 Å². The van der Waals surface area contributed by atoms with E-state index in [1.165, 1.54) is 24.2 Å². The smallest absolute Gasteiger partial charge is 0.317 e. The molecule has 18 heavy (non-hydrogen) atoms.